The molecule has 0 radical (unpaired) electrons. The minimum atomic E-state index is -0.334. The van der Waals surface area contributed by atoms with Crippen LogP contribution in [0, 0.1) is 6.92 Å². The number of carbonyl (C=O) groups is 3. The van der Waals surface area contributed by atoms with Gasteiger partial charge in [0.25, 0.3) is 11.8 Å². The Bertz CT molecular complexity index is 932. The normalized spacial score (nSPS) is 15.1. The van der Waals surface area contributed by atoms with Gasteiger partial charge in [-0.3, -0.25) is 14.4 Å². The number of amides is 2. The van der Waals surface area contributed by atoms with Gasteiger partial charge in [0.15, 0.2) is 12.4 Å². The van der Waals surface area contributed by atoms with Crippen molar-refractivity contribution in [1.82, 2.24) is 4.90 Å². The molecule has 2 aromatic carbocycles. The van der Waals surface area contributed by atoms with Gasteiger partial charge in [0.05, 0.1) is 5.56 Å². The van der Waals surface area contributed by atoms with E-state index in [2.05, 4.69) is 5.32 Å². The molecule has 146 valence electrons. The summed E-state index contributed by atoms with van der Waals surface area (Å²) in [5.41, 5.74) is 3.80. The van der Waals surface area contributed by atoms with Crippen LogP contribution in [0.2, 0.25) is 0 Å². The van der Waals surface area contributed by atoms with Crippen molar-refractivity contribution in [2.75, 3.05) is 26.0 Å². The molecule has 1 aliphatic carbocycles. The van der Waals surface area contributed by atoms with E-state index in [0.717, 1.165) is 11.1 Å². The molecule has 0 bridgehead atoms. The largest absolute Gasteiger partial charge is 0.483 e. The number of aryl methyl sites for hydroxylation is 1. The first kappa shape index (κ1) is 19.6. The van der Waals surface area contributed by atoms with Crippen molar-refractivity contribution < 1.29 is 19.1 Å². The smallest absolute Gasteiger partial charge is 0.262 e. The molecule has 0 unspecified atom stereocenters. The fraction of sp³-hybridized carbons (Fsp3) is 0.318. The van der Waals surface area contributed by atoms with E-state index < -0.39 is 0 Å². The number of ketones is 1. The zero-order valence-corrected chi connectivity index (χ0v) is 16.5. The molecule has 1 aliphatic rings. The van der Waals surface area contributed by atoms with Gasteiger partial charge in [0.2, 0.25) is 0 Å². The molecule has 2 amide bonds. The van der Waals surface area contributed by atoms with Gasteiger partial charge in [0, 0.05) is 31.8 Å². The molecule has 6 nitrogen and oxygen atoms in total. The van der Waals surface area contributed by atoms with Crippen molar-refractivity contribution >= 4 is 23.3 Å². The third kappa shape index (κ3) is 3.91. The van der Waals surface area contributed by atoms with Gasteiger partial charge in [-0.15, -0.1) is 0 Å². The van der Waals surface area contributed by atoms with Crippen LogP contribution in [0.4, 0.5) is 5.69 Å². The number of fused-ring (bicyclic) bond motifs is 1. The first-order valence-electron chi connectivity index (χ1n) is 9.19. The third-order valence-corrected chi connectivity index (χ3v) is 4.87. The molecule has 0 saturated heterocycles. The lowest BCUT2D eigenvalue weighted by molar-refractivity contribution is -0.118. The van der Waals surface area contributed by atoms with Gasteiger partial charge in [-0.1, -0.05) is 13.0 Å². The van der Waals surface area contributed by atoms with Crippen molar-refractivity contribution in [3.05, 3.63) is 58.7 Å². The van der Waals surface area contributed by atoms with Crippen LogP contribution in [0.3, 0.4) is 0 Å². The highest BCUT2D eigenvalue weighted by Gasteiger charge is 2.31. The molecule has 0 spiro atoms. The van der Waals surface area contributed by atoms with E-state index in [1.807, 2.05) is 19.9 Å². The summed E-state index contributed by atoms with van der Waals surface area (Å²) in [6.45, 7) is 3.81. The van der Waals surface area contributed by atoms with Crippen molar-refractivity contribution in [1.29, 1.82) is 0 Å². The highest BCUT2D eigenvalue weighted by Crippen LogP contribution is 2.40. The van der Waals surface area contributed by atoms with E-state index in [9.17, 15) is 14.4 Å². The van der Waals surface area contributed by atoms with Gasteiger partial charge < -0.3 is 15.0 Å². The van der Waals surface area contributed by atoms with Crippen molar-refractivity contribution in [2.45, 2.75) is 26.2 Å². The fourth-order valence-corrected chi connectivity index (χ4v) is 3.52. The SMILES string of the molecule is Cc1ccc(OCC(=O)Nc2ccc(C(=O)N(C)C)cc2)c2c1[C@@H](C)CC2=O. The summed E-state index contributed by atoms with van der Waals surface area (Å²) in [4.78, 5) is 37.9. The van der Waals surface area contributed by atoms with Crippen LogP contribution in [-0.4, -0.2) is 43.2 Å². The van der Waals surface area contributed by atoms with Crippen LogP contribution in [-0.2, 0) is 4.79 Å². The van der Waals surface area contributed by atoms with Gasteiger partial charge in [-0.05, 0) is 54.3 Å². The number of rotatable bonds is 5. The maximum Gasteiger partial charge on any atom is 0.262 e. The average Bonchev–Trinajstić information content (AvgIpc) is 2.96. The molecule has 6 heteroatoms. The number of ether oxygens (including phenoxy) is 1. The second-order valence-corrected chi connectivity index (χ2v) is 7.31. The summed E-state index contributed by atoms with van der Waals surface area (Å²) < 4.78 is 5.66. The van der Waals surface area contributed by atoms with Crippen LogP contribution < -0.4 is 10.1 Å². The molecule has 0 aromatic heterocycles. The number of nitrogens with one attached hydrogen (secondary N) is 1. The van der Waals surface area contributed by atoms with E-state index in [0.29, 0.717) is 29.0 Å². The lowest BCUT2D eigenvalue weighted by Gasteiger charge is -2.13. The minimum absolute atomic E-state index is 0.0581. The molecule has 2 aromatic rings. The number of hydrogen-bond acceptors (Lipinski definition) is 4. The Morgan fingerprint density at radius 1 is 1.14 bits per heavy atom. The first-order chi connectivity index (χ1) is 13.3. The molecule has 0 heterocycles. The summed E-state index contributed by atoms with van der Waals surface area (Å²) in [5, 5.41) is 2.73. The summed E-state index contributed by atoms with van der Waals surface area (Å²) in [6.07, 6.45) is 0.473. The predicted molar refractivity (Wildman–Crippen MR) is 107 cm³/mol. The maximum atomic E-state index is 12.3. The van der Waals surface area contributed by atoms with E-state index in [1.165, 1.54) is 4.90 Å². The van der Waals surface area contributed by atoms with Crippen molar-refractivity contribution in [2.24, 2.45) is 0 Å². The molecule has 28 heavy (non-hydrogen) atoms. The number of hydrogen-bond donors (Lipinski definition) is 1. The second-order valence-electron chi connectivity index (χ2n) is 7.31. The highest BCUT2D eigenvalue weighted by molar-refractivity contribution is 6.04. The fourth-order valence-electron chi connectivity index (χ4n) is 3.52. The number of carbonyl (C=O) groups excluding carboxylic acids is 3. The van der Waals surface area contributed by atoms with Crippen molar-refractivity contribution in [3.8, 4) is 5.75 Å². The Morgan fingerprint density at radius 2 is 1.82 bits per heavy atom. The lowest BCUT2D eigenvalue weighted by Crippen LogP contribution is -2.22. The zero-order chi connectivity index (χ0) is 20.4. The van der Waals surface area contributed by atoms with Crippen LogP contribution in [0.5, 0.6) is 5.75 Å². The van der Waals surface area contributed by atoms with Gasteiger partial charge >= 0.3 is 0 Å². The van der Waals surface area contributed by atoms with Crippen LogP contribution >= 0.6 is 0 Å². The summed E-state index contributed by atoms with van der Waals surface area (Å²) in [7, 11) is 3.37. The van der Waals surface area contributed by atoms with E-state index in [1.54, 1.807) is 44.4 Å². The van der Waals surface area contributed by atoms with Crippen LogP contribution in [0.1, 0.15) is 51.1 Å². The molecule has 1 atom stereocenters. The molecule has 1 N–H and O–H groups in total. The molecular weight excluding hydrogens is 356 g/mol. The second kappa shape index (κ2) is 7.84. The first-order valence-corrected chi connectivity index (χ1v) is 9.19. The van der Waals surface area contributed by atoms with Gasteiger partial charge in [-0.2, -0.15) is 0 Å². The number of Topliss-reactive ketones (excluding diaryl/α,β-unsaturated/α-hetero) is 1. The lowest BCUT2D eigenvalue weighted by atomic mass is 9.97. The predicted octanol–water partition coefficient (Wildman–Crippen LogP) is 3.40. The molecule has 0 aliphatic heterocycles. The summed E-state index contributed by atoms with van der Waals surface area (Å²) in [5.74, 6) is 0.246. The zero-order valence-electron chi connectivity index (χ0n) is 16.5. The Hall–Kier alpha value is -3.15. The highest BCUT2D eigenvalue weighted by atomic mass is 16.5. The Labute approximate surface area is 164 Å². The van der Waals surface area contributed by atoms with E-state index in [4.69, 9.17) is 4.74 Å². The summed E-state index contributed by atoms with van der Waals surface area (Å²) >= 11 is 0. The quantitative estimate of drug-likeness (QED) is 0.863. The topological polar surface area (TPSA) is 75.7 Å². The van der Waals surface area contributed by atoms with E-state index in [-0.39, 0.29) is 30.1 Å². The van der Waals surface area contributed by atoms with Crippen LogP contribution in [0.25, 0.3) is 0 Å². The molecule has 0 saturated carbocycles. The maximum absolute atomic E-state index is 12.3. The minimum Gasteiger partial charge on any atom is -0.483 e. The Balaban J connectivity index is 1.64. The molecular formula is C22H24N2O4. The van der Waals surface area contributed by atoms with Crippen molar-refractivity contribution in [3.63, 3.8) is 0 Å². The monoisotopic (exact) mass is 380 g/mol. The van der Waals surface area contributed by atoms with Crippen LogP contribution in [0.15, 0.2) is 36.4 Å². The standard InChI is InChI=1S/C22H24N2O4/c1-13-5-10-18(21-17(25)11-14(2)20(13)21)28-12-19(26)23-16-8-6-15(7-9-16)22(27)24(3)4/h5-10,14H,11-12H2,1-4H3,(H,23,26)/t14-/m0/s1. The average molecular weight is 380 g/mol. The summed E-state index contributed by atoms with van der Waals surface area (Å²) in [6, 6.07) is 10.3. The van der Waals surface area contributed by atoms with E-state index >= 15 is 0 Å². The molecule has 0 fully saturated rings. The number of benzene rings is 2. The number of nitrogens with zero attached hydrogens (tertiary/aromatic N) is 1. The van der Waals surface area contributed by atoms with Gasteiger partial charge in [0.1, 0.15) is 5.75 Å². The Kier molecular flexibility index (Phi) is 5.49. The number of anilines is 1. The third-order valence-electron chi connectivity index (χ3n) is 4.87. The van der Waals surface area contributed by atoms with Gasteiger partial charge in [-0.25, -0.2) is 0 Å². The molecule has 3 rings (SSSR count). The Morgan fingerprint density at radius 3 is 2.46 bits per heavy atom.